The van der Waals surface area contributed by atoms with Crippen molar-refractivity contribution in [3.8, 4) is 0 Å². The number of halogens is 4. The lowest BCUT2D eigenvalue weighted by Gasteiger charge is -2.19. The maximum absolute atomic E-state index is 8.12. The van der Waals surface area contributed by atoms with Crippen molar-refractivity contribution >= 4 is 67.4 Å². The zero-order chi connectivity index (χ0) is 22.3. The summed E-state index contributed by atoms with van der Waals surface area (Å²) in [6.45, 7) is 8.62. The van der Waals surface area contributed by atoms with Crippen LogP contribution in [0.1, 0.15) is 31.9 Å². The largest absolute Gasteiger partial charge is 0.373 e. The molecule has 0 fully saturated rings. The van der Waals surface area contributed by atoms with E-state index in [1.165, 1.54) is 5.56 Å². The summed E-state index contributed by atoms with van der Waals surface area (Å²) in [6.07, 6.45) is 1.51. The van der Waals surface area contributed by atoms with Gasteiger partial charge in [0.15, 0.2) is 0 Å². The van der Waals surface area contributed by atoms with E-state index in [1.54, 1.807) is 0 Å². The van der Waals surface area contributed by atoms with Crippen molar-refractivity contribution in [1.82, 2.24) is 0 Å². The molecule has 0 aliphatic rings. The third-order valence-corrected chi connectivity index (χ3v) is 4.63. The van der Waals surface area contributed by atoms with Gasteiger partial charge in [0.1, 0.15) is 0 Å². The van der Waals surface area contributed by atoms with Crippen LogP contribution in [0.2, 0.25) is 10.0 Å². The summed E-state index contributed by atoms with van der Waals surface area (Å²) in [6, 6.07) is 11.8. The fourth-order valence-corrected chi connectivity index (χ4v) is 3.04. The first-order valence-corrected chi connectivity index (χ1v) is 10.1. The smallest absolute Gasteiger partial charge is 0.186 e. The van der Waals surface area contributed by atoms with E-state index >= 15 is 0 Å². The van der Waals surface area contributed by atoms with Crippen LogP contribution in [0.3, 0.4) is 0 Å². The monoisotopic (exact) mass is 552 g/mol. The van der Waals surface area contributed by atoms with E-state index in [1.807, 2.05) is 37.3 Å². The van der Waals surface area contributed by atoms with E-state index < -0.39 is 0 Å². The molecule has 0 aliphatic carbocycles. The summed E-state index contributed by atoms with van der Waals surface area (Å²) in [5.74, 6) is 0. The summed E-state index contributed by atoms with van der Waals surface area (Å²) in [5, 5.41) is 1.68. The van der Waals surface area contributed by atoms with E-state index in [0.29, 0.717) is 0 Å². The molecule has 8 heteroatoms. The van der Waals surface area contributed by atoms with Gasteiger partial charge in [-0.3, -0.25) is 0 Å². The van der Waals surface area contributed by atoms with Gasteiger partial charge in [-0.2, -0.15) is 19.2 Å². The van der Waals surface area contributed by atoms with Gasteiger partial charge in [0.05, 0.1) is 0 Å². The van der Waals surface area contributed by atoms with Crippen LogP contribution in [0, 0.1) is 12.3 Å². The molecule has 0 aliphatic heterocycles. The third-order valence-electron chi connectivity index (χ3n) is 2.85. The Morgan fingerprint density at radius 3 is 1.57 bits per heavy atom. The van der Waals surface area contributed by atoms with E-state index in [-0.39, 0.29) is 17.7 Å². The standard InChI is InChI=1S/C11H14BrCl.C7H6BrCl.2CO2/c1-11(2,3)7-8-6-9(12)4-5-10(8)13;1-5-4-6(8)2-3-7(5)9;2*2-1-3/h4-6H,7H2,1-3H3;2-4H,1H3;;. The van der Waals surface area contributed by atoms with Crippen molar-refractivity contribution in [3.63, 3.8) is 0 Å². The van der Waals surface area contributed by atoms with E-state index in [4.69, 9.17) is 42.4 Å². The van der Waals surface area contributed by atoms with E-state index in [0.717, 1.165) is 31.0 Å². The van der Waals surface area contributed by atoms with Crippen molar-refractivity contribution in [2.24, 2.45) is 5.41 Å². The molecule has 2 rings (SSSR count). The van der Waals surface area contributed by atoms with Gasteiger partial charge in [0.2, 0.25) is 0 Å². The zero-order valence-electron chi connectivity index (χ0n) is 15.8. The van der Waals surface area contributed by atoms with Crippen molar-refractivity contribution in [2.45, 2.75) is 34.1 Å². The summed E-state index contributed by atoms with van der Waals surface area (Å²) in [4.78, 5) is 32.5. The summed E-state index contributed by atoms with van der Waals surface area (Å²) < 4.78 is 2.17. The van der Waals surface area contributed by atoms with Gasteiger partial charge < -0.3 is 0 Å². The summed E-state index contributed by atoms with van der Waals surface area (Å²) >= 11 is 18.6. The lowest BCUT2D eigenvalue weighted by molar-refractivity contribution is -0.193. The Bertz CT molecular complexity index is 794. The predicted octanol–water partition coefficient (Wildman–Crippen LogP) is 6.94. The van der Waals surface area contributed by atoms with Crippen LogP contribution in [-0.2, 0) is 25.6 Å². The van der Waals surface area contributed by atoms with Crippen molar-refractivity contribution in [2.75, 3.05) is 0 Å². The fraction of sp³-hybridized carbons (Fsp3) is 0.300. The molecule has 2 aromatic rings. The minimum Gasteiger partial charge on any atom is -0.186 e. The molecule has 0 unspecified atom stereocenters. The molecule has 0 atom stereocenters. The maximum atomic E-state index is 8.12. The molecule has 0 saturated carbocycles. The van der Waals surface area contributed by atoms with Crippen LogP contribution in [0.25, 0.3) is 0 Å². The van der Waals surface area contributed by atoms with Gasteiger partial charge in [-0.1, -0.05) is 75.8 Å². The van der Waals surface area contributed by atoms with Gasteiger partial charge >= 0.3 is 12.3 Å². The average molecular weight is 555 g/mol. The number of benzene rings is 2. The summed E-state index contributed by atoms with van der Waals surface area (Å²) in [7, 11) is 0. The van der Waals surface area contributed by atoms with Crippen LogP contribution in [0.15, 0.2) is 45.3 Å². The average Bonchev–Trinajstić information content (AvgIpc) is 2.56. The SMILES string of the molecule is CC(C)(C)Cc1cc(Br)ccc1Cl.Cc1cc(Br)ccc1Cl.O=C=O.O=C=O. The first-order chi connectivity index (χ1) is 12.9. The van der Waals surface area contributed by atoms with Gasteiger partial charge in [0.25, 0.3) is 0 Å². The first kappa shape index (κ1) is 28.9. The maximum Gasteiger partial charge on any atom is 0.373 e. The molecule has 2 aromatic carbocycles. The molecule has 152 valence electrons. The lowest BCUT2D eigenvalue weighted by Crippen LogP contribution is -2.09. The lowest BCUT2D eigenvalue weighted by atomic mass is 9.88. The van der Waals surface area contributed by atoms with Crippen molar-refractivity contribution < 1.29 is 19.2 Å². The molecule has 0 saturated heterocycles. The van der Waals surface area contributed by atoms with Crippen LogP contribution < -0.4 is 0 Å². The van der Waals surface area contributed by atoms with Gasteiger partial charge in [0, 0.05) is 19.0 Å². The molecule has 0 bridgehead atoms. The Morgan fingerprint density at radius 1 is 0.821 bits per heavy atom. The first-order valence-electron chi connectivity index (χ1n) is 7.76. The van der Waals surface area contributed by atoms with Crippen LogP contribution in [0.4, 0.5) is 0 Å². The van der Waals surface area contributed by atoms with Gasteiger partial charge in [-0.05, 0) is 66.3 Å². The van der Waals surface area contributed by atoms with E-state index in [9.17, 15) is 0 Å². The second kappa shape index (κ2) is 15.6. The van der Waals surface area contributed by atoms with Gasteiger partial charge in [-0.25, -0.2) is 0 Å². The number of carbonyl (C=O) groups excluding carboxylic acids is 4. The van der Waals surface area contributed by atoms with Crippen LogP contribution in [-0.4, -0.2) is 12.3 Å². The molecule has 0 aromatic heterocycles. The molecule has 0 N–H and O–H groups in total. The van der Waals surface area contributed by atoms with Crippen molar-refractivity contribution in [3.05, 3.63) is 66.5 Å². The number of rotatable bonds is 1. The Hall–Kier alpha value is -1.26. The Kier molecular flexibility index (Phi) is 16.2. The highest BCUT2D eigenvalue weighted by Gasteiger charge is 2.13. The van der Waals surface area contributed by atoms with Crippen molar-refractivity contribution in [1.29, 1.82) is 0 Å². The van der Waals surface area contributed by atoms with Crippen LogP contribution in [0.5, 0.6) is 0 Å². The Morgan fingerprint density at radius 2 is 1.21 bits per heavy atom. The highest BCUT2D eigenvalue weighted by molar-refractivity contribution is 9.10. The second-order valence-corrected chi connectivity index (χ2v) is 9.18. The molecule has 0 heterocycles. The number of hydrogen-bond donors (Lipinski definition) is 0. The third kappa shape index (κ3) is 15.8. The number of hydrogen-bond acceptors (Lipinski definition) is 4. The fourth-order valence-electron chi connectivity index (χ4n) is 1.86. The van der Waals surface area contributed by atoms with Crippen LogP contribution >= 0.6 is 55.1 Å². The van der Waals surface area contributed by atoms with Gasteiger partial charge in [-0.15, -0.1) is 0 Å². The molecule has 4 nitrogen and oxygen atoms in total. The summed E-state index contributed by atoms with van der Waals surface area (Å²) in [5.41, 5.74) is 2.60. The Balaban J connectivity index is 0. The molecule has 0 radical (unpaired) electrons. The molecule has 0 spiro atoms. The minimum absolute atomic E-state index is 0.250. The predicted molar refractivity (Wildman–Crippen MR) is 116 cm³/mol. The quantitative estimate of drug-likeness (QED) is 0.383. The second-order valence-electron chi connectivity index (χ2n) is 6.53. The Labute approximate surface area is 191 Å². The number of aryl methyl sites for hydroxylation is 1. The van der Waals surface area contributed by atoms with E-state index in [2.05, 4.69) is 58.7 Å². The molecular formula is C20H20Br2Cl2O4. The normalized spacial score (nSPS) is 9.14. The topological polar surface area (TPSA) is 68.3 Å². The highest BCUT2D eigenvalue weighted by atomic mass is 79.9. The molecule has 28 heavy (non-hydrogen) atoms. The molecule has 0 amide bonds. The highest BCUT2D eigenvalue weighted by Crippen LogP contribution is 2.28. The molecular weight excluding hydrogens is 535 g/mol. The minimum atomic E-state index is 0.250. The zero-order valence-corrected chi connectivity index (χ0v) is 20.5.